The second-order valence-corrected chi connectivity index (χ2v) is 7.60. The van der Waals surface area contributed by atoms with Crippen LogP contribution < -0.4 is 10.6 Å². The molecule has 0 aliphatic heterocycles. The summed E-state index contributed by atoms with van der Waals surface area (Å²) >= 11 is 0. The second kappa shape index (κ2) is 9.88. The van der Waals surface area contributed by atoms with Crippen molar-refractivity contribution < 1.29 is 14.2 Å². The molecule has 5 nitrogen and oxygen atoms in total. The molecular formula is C20H32FN3O2. The van der Waals surface area contributed by atoms with Gasteiger partial charge in [0.25, 0.3) is 0 Å². The van der Waals surface area contributed by atoms with Crippen LogP contribution >= 0.6 is 0 Å². The summed E-state index contributed by atoms with van der Waals surface area (Å²) in [6, 6.07) is 6.63. The Morgan fingerprint density at radius 1 is 1.38 bits per heavy atom. The first kappa shape index (κ1) is 20.6. The van der Waals surface area contributed by atoms with Crippen molar-refractivity contribution >= 4 is 5.96 Å². The van der Waals surface area contributed by atoms with Crippen LogP contribution in [0.1, 0.15) is 39.2 Å². The number of guanidine groups is 1. The van der Waals surface area contributed by atoms with E-state index in [0.29, 0.717) is 31.6 Å². The van der Waals surface area contributed by atoms with Gasteiger partial charge in [-0.25, -0.2) is 4.39 Å². The number of benzene rings is 1. The van der Waals surface area contributed by atoms with Crippen LogP contribution in [-0.2, 0) is 10.2 Å². The quantitative estimate of drug-likeness (QED) is 0.440. The van der Waals surface area contributed by atoms with Crippen LogP contribution in [-0.4, -0.2) is 50.0 Å². The van der Waals surface area contributed by atoms with E-state index in [1.165, 1.54) is 18.9 Å². The summed E-state index contributed by atoms with van der Waals surface area (Å²) in [5.74, 6) is 1.09. The van der Waals surface area contributed by atoms with Gasteiger partial charge in [-0.2, -0.15) is 0 Å². The molecule has 1 fully saturated rings. The molecule has 1 aliphatic rings. The van der Waals surface area contributed by atoms with Crippen LogP contribution in [0.25, 0.3) is 0 Å². The number of nitrogens with zero attached hydrogens (tertiary/aromatic N) is 1. The van der Waals surface area contributed by atoms with Gasteiger partial charge in [-0.05, 0) is 43.4 Å². The molecule has 1 atom stereocenters. The largest absolute Gasteiger partial charge is 0.389 e. The molecule has 1 saturated carbocycles. The molecule has 1 aromatic rings. The monoisotopic (exact) mass is 365 g/mol. The lowest BCUT2D eigenvalue weighted by molar-refractivity contribution is 0.0345. The lowest BCUT2D eigenvalue weighted by atomic mass is 9.85. The second-order valence-electron chi connectivity index (χ2n) is 7.60. The van der Waals surface area contributed by atoms with Crippen molar-refractivity contribution in [1.82, 2.24) is 10.6 Å². The lowest BCUT2D eigenvalue weighted by Gasteiger charge is -2.24. The molecule has 1 aliphatic carbocycles. The lowest BCUT2D eigenvalue weighted by Crippen LogP contribution is -2.43. The van der Waals surface area contributed by atoms with Gasteiger partial charge in [-0.15, -0.1) is 0 Å². The minimum Gasteiger partial charge on any atom is -0.389 e. The number of hydrogen-bond acceptors (Lipinski definition) is 3. The highest BCUT2D eigenvalue weighted by Crippen LogP contribution is 2.28. The molecule has 2 rings (SSSR count). The van der Waals surface area contributed by atoms with E-state index in [0.717, 1.165) is 18.7 Å². The van der Waals surface area contributed by atoms with E-state index in [1.807, 2.05) is 26.8 Å². The molecule has 0 bridgehead atoms. The van der Waals surface area contributed by atoms with Crippen molar-refractivity contribution in [2.24, 2.45) is 10.9 Å². The summed E-state index contributed by atoms with van der Waals surface area (Å²) in [6.07, 6.45) is 1.91. The smallest absolute Gasteiger partial charge is 0.191 e. The molecule has 0 saturated heterocycles. The topological polar surface area (TPSA) is 65.9 Å². The van der Waals surface area contributed by atoms with Crippen molar-refractivity contribution in [3.05, 3.63) is 35.6 Å². The summed E-state index contributed by atoms with van der Waals surface area (Å²) in [6.45, 7) is 8.73. The number of aliphatic hydroxyl groups excluding tert-OH is 1. The summed E-state index contributed by atoms with van der Waals surface area (Å²) in [4.78, 5) is 4.60. The summed E-state index contributed by atoms with van der Waals surface area (Å²) in [5, 5.41) is 16.3. The Morgan fingerprint density at radius 3 is 2.81 bits per heavy atom. The Balaban J connectivity index is 1.84. The molecular weight excluding hydrogens is 333 g/mol. The van der Waals surface area contributed by atoms with Gasteiger partial charge in [0, 0.05) is 25.1 Å². The Kier molecular flexibility index (Phi) is 7.85. The van der Waals surface area contributed by atoms with Crippen LogP contribution in [0.5, 0.6) is 0 Å². The van der Waals surface area contributed by atoms with Gasteiger partial charge in [-0.3, -0.25) is 4.99 Å². The van der Waals surface area contributed by atoms with E-state index in [2.05, 4.69) is 15.6 Å². The standard InChI is InChI=1S/C20H32FN3O2/c1-4-22-19(23-11-18(25)13-26-12-15-8-9-15)24-14-20(2,3)16-6-5-7-17(21)10-16/h5-7,10,15,18,25H,4,8-9,11-14H2,1-3H3,(H2,22,23,24). The van der Waals surface area contributed by atoms with E-state index in [-0.39, 0.29) is 11.2 Å². The number of nitrogens with one attached hydrogen (secondary N) is 2. The third-order valence-electron chi connectivity index (χ3n) is 4.45. The van der Waals surface area contributed by atoms with Crippen LogP contribution in [0.2, 0.25) is 0 Å². The van der Waals surface area contributed by atoms with Crippen LogP contribution in [0.3, 0.4) is 0 Å². The van der Waals surface area contributed by atoms with E-state index in [4.69, 9.17) is 4.74 Å². The van der Waals surface area contributed by atoms with Gasteiger partial charge in [0.15, 0.2) is 5.96 Å². The number of hydrogen-bond donors (Lipinski definition) is 3. The third-order valence-corrected chi connectivity index (χ3v) is 4.45. The van der Waals surface area contributed by atoms with Gasteiger partial charge in [0.1, 0.15) is 5.82 Å². The Morgan fingerprint density at radius 2 is 2.15 bits per heavy atom. The normalized spacial score (nSPS) is 16.4. The van der Waals surface area contributed by atoms with E-state index >= 15 is 0 Å². The van der Waals surface area contributed by atoms with Gasteiger partial charge >= 0.3 is 0 Å². The fraction of sp³-hybridized carbons (Fsp3) is 0.650. The number of rotatable bonds is 10. The maximum absolute atomic E-state index is 13.5. The first-order valence-corrected chi connectivity index (χ1v) is 9.44. The first-order valence-electron chi connectivity index (χ1n) is 9.44. The molecule has 0 aromatic heterocycles. The first-order chi connectivity index (χ1) is 12.4. The predicted octanol–water partition coefficient (Wildman–Crippen LogP) is 2.45. The van der Waals surface area contributed by atoms with Gasteiger partial charge < -0.3 is 20.5 Å². The van der Waals surface area contributed by atoms with Gasteiger partial charge in [0.05, 0.1) is 19.3 Å². The highest BCUT2D eigenvalue weighted by atomic mass is 19.1. The maximum atomic E-state index is 13.5. The summed E-state index contributed by atoms with van der Waals surface area (Å²) < 4.78 is 19.0. The van der Waals surface area contributed by atoms with Crippen LogP contribution in [0.15, 0.2) is 29.3 Å². The molecule has 1 unspecified atom stereocenters. The van der Waals surface area contributed by atoms with Crippen molar-refractivity contribution in [2.75, 3.05) is 32.8 Å². The predicted molar refractivity (Wildman–Crippen MR) is 103 cm³/mol. The molecule has 0 heterocycles. The van der Waals surface area contributed by atoms with Crippen molar-refractivity contribution in [3.63, 3.8) is 0 Å². The van der Waals surface area contributed by atoms with Crippen molar-refractivity contribution in [3.8, 4) is 0 Å². The molecule has 0 spiro atoms. The minimum absolute atomic E-state index is 0.237. The van der Waals surface area contributed by atoms with Crippen LogP contribution in [0, 0.1) is 11.7 Å². The van der Waals surface area contributed by atoms with Crippen LogP contribution in [0.4, 0.5) is 4.39 Å². The Labute approximate surface area is 156 Å². The zero-order valence-electron chi connectivity index (χ0n) is 16.1. The number of aliphatic hydroxyl groups is 1. The molecule has 0 amide bonds. The van der Waals surface area contributed by atoms with E-state index in [1.54, 1.807) is 12.1 Å². The average Bonchev–Trinajstić information content (AvgIpc) is 3.42. The molecule has 0 radical (unpaired) electrons. The summed E-state index contributed by atoms with van der Waals surface area (Å²) in [7, 11) is 0. The number of halogens is 1. The highest BCUT2D eigenvalue weighted by molar-refractivity contribution is 5.79. The average molecular weight is 365 g/mol. The number of ether oxygens (including phenoxy) is 1. The minimum atomic E-state index is -0.575. The van der Waals surface area contributed by atoms with Crippen molar-refractivity contribution in [1.29, 1.82) is 0 Å². The molecule has 6 heteroatoms. The Bertz CT molecular complexity index is 588. The third kappa shape index (κ3) is 7.30. The van der Waals surface area contributed by atoms with Gasteiger partial charge in [-0.1, -0.05) is 26.0 Å². The van der Waals surface area contributed by atoms with Gasteiger partial charge in [0.2, 0.25) is 0 Å². The zero-order chi connectivity index (χ0) is 19.0. The van der Waals surface area contributed by atoms with Crippen molar-refractivity contribution in [2.45, 2.75) is 45.1 Å². The highest BCUT2D eigenvalue weighted by Gasteiger charge is 2.22. The fourth-order valence-electron chi connectivity index (χ4n) is 2.55. The molecule has 1 aromatic carbocycles. The molecule has 26 heavy (non-hydrogen) atoms. The van der Waals surface area contributed by atoms with E-state index in [9.17, 15) is 9.50 Å². The molecule has 3 N–H and O–H groups in total. The maximum Gasteiger partial charge on any atom is 0.191 e. The molecule has 146 valence electrons. The Hall–Kier alpha value is -1.66. The number of aliphatic imine (C=N–C) groups is 1. The fourth-order valence-corrected chi connectivity index (χ4v) is 2.55. The van der Waals surface area contributed by atoms with E-state index < -0.39 is 6.10 Å². The SMILES string of the molecule is CCNC(=NCC(C)(C)c1cccc(F)c1)NCC(O)COCC1CC1. The zero-order valence-corrected chi connectivity index (χ0v) is 16.1. The summed E-state index contributed by atoms with van der Waals surface area (Å²) in [5.41, 5.74) is 0.613.